The Morgan fingerprint density at radius 1 is 1.05 bits per heavy atom. The van der Waals surface area contributed by atoms with Gasteiger partial charge in [-0.05, 0) is 36.2 Å². The largest absolute Gasteiger partial charge is 0.487 e. The Labute approximate surface area is 132 Å². The molecule has 0 N–H and O–H groups in total. The van der Waals surface area contributed by atoms with Crippen molar-refractivity contribution in [3.8, 4) is 11.8 Å². The van der Waals surface area contributed by atoms with E-state index in [1.807, 2.05) is 19.1 Å². The van der Waals surface area contributed by atoms with E-state index >= 15 is 0 Å². The molecule has 0 heterocycles. The van der Waals surface area contributed by atoms with Crippen LogP contribution < -0.4 is 4.74 Å². The lowest BCUT2D eigenvalue weighted by Crippen LogP contribution is -1.99. The van der Waals surface area contributed by atoms with E-state index in [2.05, 4.69) is 6.07 Å². The normalized spacial score (nSPS) is 10.2. The van der Waals surface area contributed by atoms with Gasteiger partial charge in [-0.2, -0.15) is 5.26 Å². The molecule has 0 bridgehead atoms. The third kappa shape index (κ3) is 3.37. The quantitative estimate of drug-likeness (QED) is 0.707. The molecule has 0 aliphatic heterocycles. The highest BCUT2D eigenvalue weighted by atomic mass is 35.5. The summed E-state index contributed by atoms with van der Waals surface area (Å²) in [5.41, 5.74) is 2.59. The highest BCUT2D eigenvalue weighted by molar-refractivity contribution is 6.43. The topological polar surface area (TPSA) is 33.0 Å². The number of rotatable bonds is 3. The lowest BCUT2D eigenvalue weighted by molar-refractivity contribution is 0.305. The van der Waals surface area contributed by atoms with E-state index in [0.29, 0.717) is 33.0 Å². The lowest BCUT2D eigenvalue weighted by Gasteiger charge is -2.11. The van der Waals surface area contributed by atoms with Gasteiger partial charge in [0.25, 0.3) is 0 Å². The first-order chi connectivity index (χ1) is 9.51. The molecule has 2 aromatic rings. The minimum Gasteiger partial charge on any atom is -0.487 e. The maximum absolute atomic E-state index is 8.83. The molecule has 0 unspecified atom stereocenters. The first kappa shape index (κ1) is 15.0. The molecule has 5 heteroatoms. The summed E-state index contributed by atoms with van der Waals surface area (Å²) in [6.07, 6.45) is 0. The average molecular weight is 327 g/mol. The Bertz CT molecular complexity index is 692. The van der Waals surface area contributed by atoms with Gasteiger partial charge in [0.15, 0.2) is 0 Å². The van der Waals surface area contributed by atoms with Crippen LogP contribution in [0.15, 0.2) is 30.3 Å². The fourth-order valence-electron chi connectivity index (χ4n) is 1.70. The molecular weight excluding hydrogens is 317 g/mol. The molecule has 0 atom stereocenters. The van der Waals surface area contributed by atoms with Crippen molar-refractivity contribution in [3.05, 3.63) is 62.1 Å². The molecule has 2 nitrogen and oxygen atoms in total. The lowest BCUT2D eigenvalue weighted by atomic mass is 10.1. The molecule has 0 saturated carbocycles. The van der Waals surface area contributed by atoms with Crippen LogP contribution in [-0.2, 0) is 6.61 Å². The van der Waals surface area contributed by atoms with E-state index < -0.39 is 0 Å². The predicted octanol–water partition coefficient (Wildman–Crippen LogP) is 5.41. The monoisotopic (exact) mass is 325 g/mol. The van der Waals surface area contributed by atoms with Gasteiger partial charge in [0, 0.05) is 6.07 Å². The van der Waals surface area contributed by atoms with E-state index in [4.69, 9.17) is 44.8 Å². The van der Waals surface area contributed by atoms with Crippen LogP contribution in [0.2, 0.25) is 15.1 Å². The Morgan fingerprint density at radius 3 is 2.40 bits per heavy atom. The molecule has 0 saturated heterocycles. The number of ether oxygens (including phenoxy) is 1. The molecule has 0 fully saturated rings. The summed E-state index contributed by atoms with van der Waals surface area (Å²) in [6.45, 7) is 2.27. The van der Waals surface area contributed by atoms with E-state index in [1.54, 1.807) is 18.2 Å². The van der Waals surface area contributed by atoms with Gasteiger partial charge in [-0.15, -0.1) is 0 Å². The van der Waals surface area contributed by atoms with Crippen molar-refractivity contribution in [2.75, 3.05) is 0 Å². The van der Waals surface area contributed by atoms with Crippen molar-refractivity contribution in [3.63, 3.8) is 0 Å². The summed E-state index contributed by atoms with van der Waals surface area (Å²) >= 11 is 17.8. The second-order valence-electron chi connectivity index (χ2n) is 4.24. The van der Waals surface area contributed by atoms with Crippen LogP contribution in [0.4, 0.5) is 0 Å². The molecule has 2 rings (SSSR count). The van der Waals surface area contributed by atoms with Gasteiger partial charge < -0.3 is 4.74 Å². The van der Waals surface area contributed by atoms with Crippen molar-refractivity contribution >= 4 is 34.8 Å². The van der Waals surface area contributed by atoms with E-state index in [9.17, 15) is 0 Å². The van der Waals surface area contributed by atoms with Crippen molar-refractivity contribution in [2.45, 2.75) is 13.5 Å². The van der Waals surface area contributed by atoms with Crippen LogP contribution in [0.1, 0.15) is 16.7 Å². The van der Waals surface area contributed by atoms with Crippen LogP contribution in [-0.4, -0.2) is 0 Å². The van der Waals surface area contributed by atoms with Gasteiger partial charge in [0.05, 0.1) is 26.7 Å². The molecule has 102 valence electrons. The van der Waals surface area contributed by atoms with Crippen LogP contribution in [0.5, 0.6) is 5.75 Å². The van der Waals surface area contributed by atoms with Crippen molar-refractivity contribution in [1.29, 1.82) is 5.26 Å². The maximum atomic E-state index is 8.83. The number of hydrogen-bond donors (Lipinski definition) is 0. The smallest absolute Gasteiger partial charge is 0.139 e. The van der Waals surface area contributed by atoms with E-state index in [-0.39, 0.29) is 0 Å². The Kier molecular flexibility index (Phi) is 4.77. The predicted molar refractivity (Wildman–Crippen MR) is 81.7 cm³/mol. The second kappa shape index (κ2) is 6.37. The van der Waals surface area contributed by atoms with Gasteiger partial charge >= 0.3 is 0 Å². The minimum absolute atomic E-state index is 0.342. The van der Waals surface area contributed by atoms with Gasteiger partial charge in [0.2, 0.25) is 0 Å². The maximum Gasteiger partial charge on any atom is 0.139 e. The summed E-state index contributed by atoms with van der Waals surface area (Å²) < 4.78 is 5.66. The molecule has 0 amide bonds. The fourth-order valence-corrected chi connectivity index (χ4v) is 2.29. The summed E-state index contributed by atoms with van der Waals surface area (Å²) in [7, 11) is 0. The van der Waals surface area contributed by atoms with Crippen LogP contribution in [0.3, 0.4) is 0 Å². The Morgan fingerprint density at radius 2 is 1.75 bits per heavy atom. The SMILES string of the molecule is Cc1cc(C#N)ccc1COc1cc(Cl)c(Cl)cc1Cl. The van der Waals surface area contributed by atoms with Gasteiger partial charge in [-0.3, -0.25) is 0 Å². The zero-order valence-corrected chi connectivity index (χ0v) is 12.9. The van der Waals surface area contributed by atoms with Crippen LogP contribution in [0, 0.1) is 18.3 Å². The first-order valence-electron chi connectivity index (χ1n) is 5.78. The molecule has 0 aromatic heterocycles. The van der Waals surface area contributed by atoms with Gasteiger partial charge in [-0.1, -0.05) is 40.9 Å². The fraction of sp³-hybridized carbons (Fsp3) is 0.133. The van der Waals surface area contributed by atoms with Crippen molar-refractivity contribution in [1.82, 2.24) is 0 Å². The van der Waals surface area contributed by atoms with Gasteiger partial charge in [0.1, 0.15) is 12.4 Å². The van der Waals surface area contributed by atoms with Gasteiger partial charge in [-0.25, -0.2) is 0 Å². The third-order valence-corrected chi connectivity index (χ3v) is 3.85. The summed E-state index contributed by atoms with van der Waals surface area (Å²) in [5.74, 6) is 0.477. The summed E-state index contributed by atoms with van der Waals surface area (Å²) in [5, 5.41) is 10.0. The number of benzene rings is 2. The zero-order valence-electron chi connectivity index (χ0n) is 10.6. The third-order valence-electron chi connectivity index (χ3n) is 2.83. The molecule has 0 spiro atoms. The minimum atomic E-state index is 0.342. The van der Waals surface area contributed by atoms with E-state index in [1.165, 1.54) is 0 Å². The van der Waals surface area contributed by atoms with Crippen LogP contribution >= 0.6 is 34.8 Å². The van der Waals surface area contributed by atoms with E-state index in [0.717, 1.165) is 11.1 Å². The number of hydrogen-bond acceptors (Lipinski definition) is 2. The highest BCUT2D eigenvalue weighted by Gasteiger charge is 2.08. The standard InChI is InChI=1S/C15H10Cl3NO/c1-9-4-10(7-19)2-3-11(9)8-20-15-6-13(17)12(16)5-14(15)18/h2-6H,8H2,1H3. The first-order valence-corrected chi connectivity index (χ1v) is 6.91. The number of halogens is 3. The molecule has 2 aromatic carbocycles. The van der Waals surface area contributed by atoms with Crippen LogP contribution in [0.25, 0.3) is 0 Å². The average Bonchev–Trinajstić information content (AvgIpc) is 2.42. The Balaban J connectivity index is 2.17. The number of nitrogens with zero attached hydrogens (tertiary/aromatic N) is 1. The van der Waals surface area contributed by atoms with Crippen molar-refractivity contribution < 1.29 is 4.74 Å². The molecule has 0 aliphatic carbocycles. The molecule has 20 heavy (non-hydrogen) atoms. The zero-order chi connectivity index (χ0) is 14.7. The molecule has 0 radical (unpaired) electrons. The molecule has 0 aliphatic rings. The second-order valence-corrected chi connectivity index (χ2v) is 5.46. The summed E-state index contributed by atoms with van der Waals surface area (Å²) in [6, 6.07) is 10.7. The summed E-state index contributed by atoms with van der Waals surface area (Å²) in [4.78, 5) is 0. The molecular formula is C15H10Cl3NO. The number of aryl methyl sites for hydroxylation is 1. The Hall–Kier alpha value is -1.40. The van der Waals surface area contributed by atoms with Crippen molar-refractivity contribution in [2.24, 2.45) is 0 Å². The highest BCUT2D eigenvalue weighted by Crippen LogP contribution is 2.34. The number of nitriles is 1.